The summed E-state index contributed by atoms with van der Waals surface area (Å²) in [6.45, 7) is -1.03. The zero-order valence-corrected chi connectivity index (χ0v) is 11.6. The van der Waals surface area contributed by atoms with Gasteiger partial charge in [-0.1, -0.05) is 41.6 Å². The van der Waals surface area contributed by atoms with E-state index in [2.05, 4.69) is 9.99 Å². The highest BCUT2D eigenvalue weighted by Crippen LogP contribution is 2.23. The first kappa shape index (κ1) is 15.0. The summed E-state index contributed by atoms with van der Waals surface area (Å²) in [4.78, 5) is 4.68. The summed E-state index contributed by atoms with van der Waals surface area (Å²) in [7, 11) is 1.44. The van der Waals surface area contributed by atoms with Crippen molar-refractivity contribution in [1.82, 2.24) is 0 Å². The fourth-order valence-electron chi connectivity index (χ4n) is 1.94. The normalized spacial score (nSPS) is 11.3. The molecular formula is C16H16FNO3. The highest BCUT2D eigenvalue weighted by atomic mass is 19.1. The number of aliphatic hydroxyl groups excluding tert-OH is 1. The van der Waals surface area contributed by atoms with E-state index in [-0.39, 0.29) is 6.61 Å². The predicted molar refractivity (Wildman–Crippen MR) is 79.1 cm³/mol. The first-order valence-electron chi connectivity index (χ1n) is 6.39. The fourth-order valence-corrected chi connectivity index (χ4v) is 1.94. The van der Waals surface area contributed by atoms with E-state index in [0.717, 1.165) is 16.7 Å². The molecule has 0 saturated heterocycles. The standard InChI is InChI=1S/C16H16FNO3/c1-20-18-16(10-19)14-4-2-12(3-5-14)13-6-8-15(9-7-13)21-11-17/h2-9,19H,10-11H2,1H3/b18-16+. The molecule has 0 aliphatic carbocycles. The molecule has 0 heterocycles. The summed E-state index contributed by atoms with van der Waals surface area (Å²) in [5, 5.41) is 13.0. The molecule has 0 atom stereocenters. The minimum Gasteiger partial charge on any atom is -0.463 e. The average Bonchev–Trinajstić information content (AvgIpc) is 2.54. The highest BCUT2D eigenvalue weighted by Gasteiger charge is 2.04. The van der Waals surface area contributed by atoms with Crippen molar-refractivity contribution in [3.8, 4) is 16.9 Å². The zero-order chi connectivity index (χ0) is 15.1. The number of halogens is 1. The first-order chi connectivity index (χ1) is 10.3. The van der Waals surface area contributed by atoms with Crippen LogP contribution in [0.25, 0.3) is 11.1 Å². The molecule has 2 rings (SSSR count). The molecule has 0 saturated carbocycles. The molecule has 0 fully saturated rings. The van der Waals surface area contributed by atoms with Crippen molar-refractivity contribution < 1.29 is 19.1 Å². The van der Waals surface area contributed by atoms with E-state index in [9.17, 15) is 9.50 Å². The number of nitrogens with zero attached hydrogens (tertiary/aromatic N) is 1. The second-order valence-electron chi connectivity index (χ2n) is 4.23. The van der Waals surface area contributed by atoms with Gasteiger partial charge in [-0.3, -0.25) is 0 Å². The molecule has 1 N–H and O–H groups in total. The van der Waals surface area contributed by atoms with Gasteiger partial charge in [0.2, 0.25) is 6.86 Å². The van der Waals surface area contributed by atoms with E-state index in [0.29, 0.717) is 11.5 Å². The SMILES string of the molecule is CO/N=C(\CO)c1ccc(-c2ccc(OCF)cc2)cc1. The third-order valence-corrected chi connectivity index (χ3v) is 2.98. The highest BCUT2D eigenvalue weighted by molar-refractivity contribution is 6.01. The van der Waals surface area contributed by atoms with Crippen LogP contribution in [0.1, 0.15) is 5.56 Å². The zero-order valence-electron chi connectivity index (χ0n) is 11.6. The van der Waals surface area contributed by atoms with Crippen LogP contribution in [-0.4, -0.2) is 31.4 Å². The van der Waals surface area contributed by atoms with Gasteiger partial charge >= 0.3 is 0 Å². The van der Waals surface area contributed by atoms with Crippen molar-refractivity contribution in [2.24, 2.45) is 5.16 Å². The molecule has 5 heteroatoms. The Morgan fingerprint density at radius 3 is 2.10 bits per heavy atom. The molecule has 0 aromatic heterocycles. The molecule has 0 bridgehead atoms. The molecule has 0 radical (unpaired) electrons. The Labute approximate surface area is 122 Å². The lowest BCUT2D eigenvalue weighted by atomic mass is 10.0. The number of alkyl halides is 1. The van der Waals surface area contributed by atoms with Crippen molar-refractivity contribution in [1.29, 1.82) is 0 Å². The minimum absolute atomic E-state index is 0.192. The molecule has 0 amide bonds. The lowest BCUT2D eigenvalue weighted by molar-refractivity contribution is 0.192. The molecule has 0 spiro atoms. The Morgan fingerprint density at radius 2 is 1.62 bits per heavy atom. The van der Waals surface area contributed by atoms with Gasteiger partial charge in [-0.15, -0.1) is 0 Å². The van der Waals surface area contributed by atoms with Crippen molar-refractivity contribution in [2.75, 3.05) is 20.6 Å². The van der Waals surface area contributed by atoms with Gasteiger partial charge < -0.3 is 14.7 Å². The number of rotatable bonds is 6. The van der Waals surface area contributed by atoms with Crippen LogP contribution in [0.2, 0.25) is 0 Å². The van der Waals surface area contributed by atoms with Crippen LogP contribution >= 0.6 is 0 Å². The number of hydrogen-bond acceptors (Lipinski definition) is 4. The van der Waals surface area contributed by atoms with Crippen LogP contribution in [0.5, 0.6) is 5.75 Å². The van der Waals surface area contributed by atoms with Gasteiger partial charge in [0.15, 0.2) is 0 Å². The molecule has 2 aromatic rings. The van der Waals surface area contributed by atoms with E-state index < -0.39 is 6.86 Å². The maximum Gasteiger partial charge on any atom is 0.228 e. The molecule has 0 aliphatic heterocycles. The van der Waals surface area contributed by atoms with E-state index in [4.69, 9.17) is 4.74 Å². The number of benzene rings is 2. The van der Waals surface area contributed by atoms with E-state index in [1.165, 1.54) is 7.11 Å². The fraction of sp³-hybridized carbons (Fsp3) is 0.188. The second-order valence-corrected chi connectivity index (χ2v) is 4.23. The van der Waals surface area contributed by atoms with Crippen molar-refractivity contribution >= 4 is 5.71 Å². The summed E-state index contributed by atoms with van der Waals surface area (Å²) in [5.74, 6) is 0.493. The van der Waals surface area contributed by atoms with Gasteiger partial charge in [0.1, 0.15) is 18.6 Å². The smallest absolute Gasteiger partial charge is 0.228 e. The average molecular weight is 289 g/mol. The molecule has 21 heavy (non-hydrogen) atoms. The van der Waals surface area contributed by atoms with Crippen LogP contribution in [-0.2, 0) is 4.84 Å². The Hall–Kier alpha value is -2.40. The topological polar surface area (TPSA) is 51.0 Å². The van der Waals surface area contributed by atoms with Gasteiger partial charge in [0, 0.05) is 5.56 Å². The molecule has 0 unspecified atom stereocenters. The number of hydrogen-bond donors (Lipinski definition) is 1. The Kier molecular flexibility index (Phi) is 5.29. The maximum absolute atomic E-state index is 12.1. The number of ether oxygens (including phenoxy) is 1. The Bertz CT molecular complexity index is 594. The van der Waals surface area contributed by atoms with Crippen molar-refractivity contribution in [3.05, 3.63) is 54.1 Å². The van der Waals surface area contributed by atoms with Crippen LogP contribution in [0.15, 0.2) is 53.7 Å². The summed E-state index contributed by atoms with van der Waals surface area (Å²) < 4.78 is 16.8. The minimum atomic E-state index is -0.836. The van der Waals surface area contributed by atoms with Crippen molar-refractivity contribution in [3.63, 3.8) is 0 Å². The second kappa shape index (κ2) is 7.40. The number of oxime groups is 1. The summed E-state index contributed by atoms with van der Waals surface area (Å²) >= 11 is 0. The summed E-state index contributed by atoms with van der Waals surface area (Å²) in [6, 6.07) is 14.7. The van der Waals surface area contributed by atoms with Crippen LogP contribution in [0.3, 0.4) is 0 Å². The first-order valence-corrected chi connectivity index (χ1v) is 6.39. The van der Waals surface area contributed by atoms with Gasteiger partial charge in [-0.05, 0) is 23.3 Å². The molecule has 2 aromatic carbocycles. The lowest BCUT2D eigenvalue weighted by Crippen LogP contribution is -2.06. The van der Waals surface area contributed by atoms with Crippen LogP contribution < -0.4 is 4.74 Å². The molecule has 0 aliphatic rings. The van der Waals surface area contributed by atoms with Gasteiger partial charge in [-0.25, -0.2) is 4.39 Å². The monoisotopic (exact) mass is 289 g/mol. The summed E-state index contributed by atoms with van der Waals surface area (Å²) in [6.07, 6.45) is 0. The molecular weight excluding hydrogens is 273 g/mol. The van der Waals surface area contributed by atoms with Crippen LogP contribution in [0, 0.1) is 0 Å². The quantitative estimate of drug-likeness (QED) is 0.657. The number of aliphatic hydroxyl groups is 1. The van der Waals surface area contributed by atoms with Gasteiger partial charge in [-0.2, -0.15) is 0 Å². The third kappa shape index (κ3) is 3.79. The predicted octanol–water partition coefficient (Wildman–Crippen LogP) is 3.00. The molecule has 110 valence electrons. The third-order valence-electron chi connectivity index (χ3n) is 2.98. The molecule has 4 nitrogen and oxygen atoms in total. The van der Waals surface area contributed by atoms with E-state index in [1.54, 1.807) is 12.1 Å². The van der Waals surface area contributed by atoms with E-state index in [1.807, 2.05) is 36.4 Å². The van der Waals surface area contributed by atoms with Gasteiger partial charge in [0.05, 0.1) is 6.61 Å². The Morgan fingerprint density at radius 1 is 1.05 bits per heavy atom. The van der Waals surface area contributed by atoms with Gasteiger partial charge in [0.25, 0.3) is 0 Å². The largest absolute Gasteiger partial charge is 0.463 e. The maximum atomic E-state index is 12.1. The van der Waals surface area contributed by atoms with Crippen molar-refractivity contribution in [2.45, 2.75) is 0 Å². The van der Waals surface area contributed by atoms with Crippen LogP contribution in [0.4, 0.5) is 4.39 Å². The Balaban J connectivity index is 2.20. The van der Waals surface area contributed by atoms with E-state index >= 15 is 0 Å². The lowest BCUT2D eigenvalue weighted by Gasteiger charge is -2.06. The summed E-state index contributed by atoms with van der Waals surface area (Å²) in [5.41, 5.74) is 3.25.